The van der Waals surface area contributed by atoms with Gasteiger partial charge in [0.2, 0.25) is 0 Å². The van der Waals surface area contributed by atoms with E-state index < -0.39 is 5.60 Å². The number of carbonyl (C=O) groups is 1. The molecule has 8 nitrogen and oxygen atoms in total. The Morgan fingerprint density at radius 1 is 1.03 bits per heavy atom. The molecule has 0 radical (unpaired) electrons. The lowest BCUT2D eigenvalue weighted by Crippen LogP contribution is -2.42. The minimum Gasteiger partial charge on any atom is -0.496 e. The van der Waals surface area contributed by atoms with Crippen LogP contribution in [0.25, 0.3) is 16.8 Å². The lowest BCUT2D eigenvalue weighted by Gasteiger charge is -2.33. The van der Waals surface area contributed by atoms with E-state index in [2.05, 4.69) is 27.4 Å². The molecule has 0 saturated carbocycles. The number of nitrogens with zero attached hydrogens (tertiary/aromatic N) is 3. The number of methoxy groups -OCH3 is 2. The maximum Gasteiger partial charge on any atom is 0.410 e. The van der Waals surface area contributed by atoms with Crippen molar-refractivity contribution in [3.8, 4) is 22.8 Å². The van der Waals surface area contributed by atoms with Crippen molar-refractivity contribution in [3.05, 3.63) is 66.5 Å². The number of cyclic esters (lactones) is 1. The van der Waals surface area contributed by atoms with Gasteiger partial charge in [0.25, 0.3) is 0 Å². The molecular formula is C29H32N4O4. The van der Waals surface area contributed by atoms with E-state index in [4.69, 9.17) is 14.2 Å². The van der Waals surface area contributed by atoms with Crippen molar-refractivity contribution in [2.75, 3.05) is 26.1 Å². The number of amides is 1. The topological polar surface area (TPSA) is 85.8 Å². The van der Waals surface area contributed by atoms with Gasteiger partial charge in [0.1, 0.15) is 29.2 Å². The third-order valence-electron chi connectivity index (χ3n) is 6.98. The SMILES string of the molecule is COc1ccc(Nc2cc(-c3ccccc3OC)ncn2)cc1C1=CCN2C(=O)OC(C)(C)CCC2C1. The van der Waals surface area contributed by atoms with E-state index in [0.29, 0.717) is 12.4 Å². The fourth-order valence-corrected chi connectivity index (χ4v) is 4.98. The summed E-state index contributed by atoms with van der Waals surface area (Å²) in [5.74, 6) is 2.21. The molecule has 3 heterocycles. The summed E-state index contributed by atoms with van der Waals surface area (Å²) >= 11 is 0. The molecule has 1 atom stereocenters. The molecule has 0 spiro atoms. The Bertz CT molecular complexity index is 1340. The number of hydrogen-bond donors (Lipinski definition) is 1. The molecule has 1 aromatic heterocycles. The van der Waals surface area contributed by atoms with Crippen LogP contribution in [0.5, 0.6) is 11.5 Å². The summed E-state index contributed by atoms with van der Waals surface area (Å²) in [7, 11) is 3.33. The third-order valence-corrected chi connectivity index (χ3v) is 6.98. The summed E-state index contributed by atoms with van der Waals surface area (Å²) in [5.41, 5.74) is 4.26. The van der Waals surface area contributed by atoms with Crippen molar-refractivity contribution in [3.63, 3.8) is 0 Å². The van der Waals surface area contributed by atoms with Crippen molar-refractivity contribution in [2.24, 2.45) is 0 Å². The Kier molecular flexibility index (Phi) is 6.74. The normalized spacial score (nSPS) is 18.7. The molecule has 2 aromatic carbocycles. The molecule has 0 bridgehead atoms. The van der Waals surface area contributed by atoms with E-state index in [1.807, 2.05) is 61.2 Å². The molecule has 1 unspecified atom stereocenters. The maximum atomic E-state index is 12.7. The standard InChI is InChI=1S/C29H32N4O4/c1-29(2)13-11-21-15-19(12-14-33(21)28(34)37-29)23-16-20(9-10-26(23)36-4)32-27-17-24(30-18-31-27)22-7-5-6-8-25(22)35-3/h5-10,12,16-18,21H,11,13-15H2,1-4H3,(H,30,31,32). The molecule has 37 heavy (non-hydrogen) atoms. The highest BCUT2D eigenvalue weighted by Gasteiger charge is 2.37. The van der Waals surface area contributed by atoms with E-state index in [-0.39, 0.29) is 12.1 Å². The summed E-state index contributed by atoms with van der Waals surface area (Å²) in [6.07, 6.45) is 5.87. The first kappa shape index (κ1) is 24.6. The van der Waals surface area contributed by atoms with Crippen LogP contribution in [0.3, 0.4) is 0 Å². The van der Waals surface area contributed by atoms with E-state index >= 15 is 0 Å². The van der Waals surface area contributed by atoms with Gasteiger partial charge in [-0.3, -0.25) is 0 Å². The van der Waals surface area contributed by atoms with Crippen LogP contribution in [-0.2, 0) is 4.74 Å². The smallest absolute Gasteiger partial charge is 0.410 e. The molecule has 1 N–H and O–H groups in total. The monoisotopic (exact) mass is 500 g/mol. The number of ether oxygens (including phenoxy) is 3. The van der Waals surface area contributed by atoms with E-state index in [1.54, 1.807) is 20.5 Å². The minimum absolute atomic E-state index is 0.0980. The number of rotatable bonds is 6. The van der Waals surface area contributed by atoms with Crippen molar-refractivity contribution in [1.29, 1.82) is 0 Å². The average molecular weight is 501 g/mol. The molecule has 1 amide bonds. The van der Waals surface area contributed by atoms with Gasteiger partial charge >= 0.3 is 6.09 Å². The van der Waals surface area contributed by atoms with Crippen molar-refractivity contribution in [1.82, 2.24) is 14.9 Å². The summed E-state index contributed by atoms with van der Waals surface area (Å²) in [6.45, 7) is 4.47. The summed E-state index contributed by atoms with van der Waals surface area (Å²) < 4.78 is 16.9. The number of anilines is 2. The van der Waals surface area contributed by atoms with Crippen LogP contribution < -0.4 is 14.8 Å². The lowest BCUT2D eigenvalue weighted by atomic mass is 9.89. The van der Waals surface area contributed by atoms with E-state index in [0.717, 1.165) is 58.8 Å². The highest BCUT2D eigenvalue weighted by molar-refractivity contribution is 5.78. The Labute approximate surface area is 217 Å². The van der Waals surface area contributed by atoms with Gasteiger partial charge in [0, 0.05) is 35.5 Å². The number of hydrogen-bond acceptors (Lipinski definition) is 7. The molecule has 2 aliphatic heterocycles. The molecule has 0 aliphatic carbocycles. The van der Waals surface area contributed by atoms with Crippen LogP contribution in [0.1, 0.15) is 38.7 Å². The van der Waals surface area contributed by atoms with Crippen molar-refractivity contribution < 1.29 is 19.0 Å². The second kappa shape index (κ2) is 10.1. The van der Waals surface area contributed by atoms with Gasteiger partial charge in [0.05, 0.1) is 19.9 Å². The first-order valence-electron chi connectivity index (χ1n) is 12.5. The first-order chi connectivity index (χ1) is 17.9. The molecular weight excluding hydrogens is 468 g/mol. The zero-order valence-electron chi connectivity index (χ0n) is 21.7. The Morgan fingerprint density at radius 2 is 1.81 bits per heavy atom. The zero-order chi connectivity index (χ0) is 26.0. The number of para-hydroxylation sites is 1. The van der Waals surface area contributed by atoms with Gasteiger partial charge in [-0.1, -0.05) is 18.2 Å². The van der Waals surface area contributed by atoms with E-state index in [1.165, 1.54) is 0 Å². The van der Waals surface area contributed by atoms with Crippen LogP contribution >= 0.6 is 0 Å². The molecule has 1 fully saturated rings. The zero-order valence-corrected chi connectivity index (χ0v) is 21.7. The van der Waals surface area contributed by atoms with Gasteiger partial charge < -0.3 is 24.4 Å². The minimum atomic E-state index is -0.448. The van der Waals surface area contributed by atoms with Crippen LogP contribution in [0.2, 0.25) is 0 Å². The number of aromatic nitrogens is 2. The maximum absolute atomic E-state index is 12.7. The lowest BCUT2D eigenvalue weighted by molar-refractivity contribution is 0.0244. The van der Waals surface area contributed by atoms with Gasteiger partial charge in [-0.15, -0.1) is 0 Å². The Morgan fingerprint density at radius 3 is 2.62 bits per heavy atom. The van der Waals surface area contributed by atoms with Gasteiger partial charge in [-0.05, 0) is 69.0 Å². The molecule has 8 heteroatoms. The van der Waals surface area contributed by atoms with E-state index in [9.17, 15) is 4.79 Å². The average Bonchev–Trinajstić information content (AvgIpc) is 3.03. The van der Waals surface area contributed by atoms with Gasteiger partial charge in [-0.2, -0.15) is 0 Å². The quantitative estimate of drug-likeness (QED) is 0.440. The highest BCUT2D eigenvalue weighted by Crippen LogP contribution is 2.38. The highest BCUT2D eigenvalue weighted by atomic mass is 16.6. The molecule has 1 saturated heterocycles. The van der Waals surface area contributed by atoms with Crippen molar-refractivity contribution >= 4 is 23.2 Å². The predicted octanol–water partition coefficient (Wildman–Crippen LogP) is 6.07. The van der Waals surface area contributed by atoms with Crippen LogP contribution in [0.15, 0.2) is 60.9 Å². The van der Waals surface area contributed by atoms with Gasteiger partial charge in [0.15, 0.2) is 0 Å². The summed E-state index contributed by atoms with van der Waals surface area (Å²) in [6, 6.07) is 15.8. The second-order valence-electron chi connectivity index (χ2n) is 9.93. The Hall–Kier alpha value is -4.07. The molecule has 192 valence electrons. The fraction of sp³-hybridized carbons (Fsp3) is 0.345. The molecule has 5 rings (SSSR count). The molecule has 2 aliphatic rings. The second-order valence-corrected chi connectivity index (χ2v) is 9.93. The van der Waals surface area contributed by atoms with Crippen LogP contribution in [0, 0.1) is 0 Å². The van der Waals surface area contributed by atoms with Crippen LogP contribution in [-0.4, -0.2) is 53.4 Å². The summed E-state index contributed by atoms with van der Waals surface area (Å²) in [4.78, 5) is 23.4. The molecule has 3 aromatic rings. The number of benzene rings is 2. The first-order valence-corrected chi connectivity index (χ1v) is 12.5. The number of nitrogens with one attached hydrogen (secondary N) is 1. The van der Waals surface area contributed by atoms with Gasteiger partial charge in [-0.25, -0.2) is 14.8 Å². The largest absolute Gasteiger partial charge is 0.496 e. The fourth-order valence-electron chi connectivity index (χ4n) is 4.98. The van der Waals surface area contributed by atoms with Crippen molar-refractivity contribution in [2.45, 2.75) is 44.8 Å². The number of carbonyl (C=O) groups excluding carboxylic acids is 1. The van der Waals surface area contributed by atoms with Crippen LogP contribution in [0.4, 0.5) is 16.3 Å². The Balaban J connectivity index is 1.41. The number of fused-ring (bicyclic) bond motifs is 1. The third kappa shape index (κ3) is 5.23. The predicted molar refractivity (Wildman–Crippen MR) is 143 cm³/mol. The summed E-state index contributed by atoms with van der Waals surface area (Å²) in [5, 5.41) is 3.41.